The fraction of sp³-hybridized carbons (Fsp3) is 0.429. The predicted octanol–water partition coefficient (Wildman–Crippen LogP) is 2.23. The van der Waals surface area contributed by atoms with E-state index in [0.717, 1.165) is 0 Å². The summed E-state index contributed by atoms with van der Waals surface area (Å²) < 4.78 is 33.5. The third-order valence-corrected chi connectivity index (χ3v) is 3.48. The molecule has 1 heterocycles. The molecule has 20 heavy (non-hydrogen) atoms. The number of carbonyl (C=O) groups excluding carboxylic acids is 1. The fourth-order valence-electron chi connectivity index (χ4n) is 2.30. The number of rotatable bonds is 4. The zero-order valence-electron chi connectivity index (χ0n) is 10.6. The first-order chi connectivity index (χ1) is 9.38. The van der Waals surface area contributed by atoms with Crippen LogP contribution in [0.25, 0.3) is 0 Å². The van der Waals surface area contributed by atoms with E-state index in [2.05, 4.69) is 0 Å². The van der Waals surface area contributed by atoms with E-state index in [9.17, 15) is 23.5 Å². The van der Waals surface area contributed by atoms with Crippen LogP contribution < -0.4 is 0 Å². The first-order valence-corrected chi connectivity index (χ1v) is 6.16. The highest BCUT2D eigenvalue weighted by atomic mass is 19.3. The molecule has 1 aliphatic rings. The highest BCUT2D eigenvalue weighted by Gasteiger charge is 2.54. The van der Waals surface area contributed by atoms with Gasteiger partial charge >= 0.3 is 5.97 Å². The third kappa shape index (κ3) is 2.56. The van der Waals surface area contributed by atoms with E-state index in [1.807, 2.05) is 0 Å². The minimum Gasteiger partial charge on any atom is -0.480 e. The Morgan fingerprint density at radius 1 is 1.35 bits per heavy atom. The first kappa shape index (κ1) is 14.6. The van der Waals surface area contributed by atoms with Crippen LogP contribution in [-0.2, 0) is 20.2 Å². The minimum absolute atomic E-state index is 0.0742. The maximum absolute atomic E-state index is 14.2. The normalized spacial score (nSPS) is 23.6. The monoisotopic (exact) mass is 284 g/mol. The van der Waals surface area contributed by atoms with Gasteiger partial charge in [-0.25, -0.2) is 8.78 Å². The maximum atomic E-state index is 14.2. The van der Waals surface area contributed by atoms with Crippen LogP contribution in [0.15, 0.2) is 30.3 Å². The fourth-order valence-corrected chi connectivity index (χ4v) is 2.30. The Bertz CT molecular complexity index is 515. The average Bonchev–Trinajstić information content (AvgIpc) is 2.42. The maximum Gasteiger partial charge on any atom is 0.319 e. The summed E-state index contributed by atoms with van der Waals surface area (Å²) in [5.41, 5.74) is -2.48. The molecule has 1 aromatic carbocycles. The minimum atomic E-state index is -3.41. The number of hydrogen-bond donors (Lipinski definition) is 1. The standard InChI is InChI=1S/C14H14F2O4/c15-14(16,10-4-2-1-3-5-10)8-13(12(18)19)9-20-7-6-11(13)17/h1-5H,6-9H2,(H,18,19). The van der Waals surface area contributed by atoms with E-state index in [0.29, 0.717) is 0 Å². The number of aliphatic carboxylic acids is 1. The summed E-state index contributed by atoms with van der Waals surface area (Å²) in [4.78, 5) is 23.2. The lowest BCUT2D eigenvalue weighted by Gasteiger charge is -2.34. The molecular weight excluding hydrogens is 270 g/mol. The number of hydrogen-bond acceptors (Lipinski definition) is 3. The summed E-state index contributed by atoms with van der Waals surface area (Å²) in [6, 6.07) is 6.89. The summed E-state index contributed by atoms with van der Waals surface area (Å²) >= 11 is 0. The zero-order chi connectivity index (χ0) is 14.8. The largest absolute Gasteiger partial charge is 0.480 e. The topological polar surface area (TPSA) is 63.6 Å². The molecule has 0 aliphatic carbocycles. The Labute approximate surface area is 114 Å². The average molecular weight is 284 g/mol. The van der Waals surface area contributed by atoms with Gasteiger partial charge in [-0.05, 0) is 0 Å². The molecule has 1 saturated heterocycles. The van der Waals surface area contributed by atoms with E-state index in [1.165, 1.54) is 24.3 Å². The van der Waals surface area contributed by atoms with Crippen LogP contribution in [0.3, 0.4) is 0 Å². The van der Waals surface area contributed by atoms with Crippen molar-refractivity contribution in [3.8, 4) is 0 Å². The number of carboxylic acid groups (broad SMARTS) is 1. The molecule has 1 unspecified atom stereocenters. The molecule has 0 amide bonds. The second kappa shape index (κ2) is 5.28. The van der Waals surface area contributed by atoms with Crippen molar-refractivity contribution < 1.29 is 28.2 Å². The van der Waals surface area contributed by atoms with Gasteiger partial charge < -0.3 is 9.84 Å². The lowest BCUT2D eigenvalue weighted by Crippen LogP contribution is -2.49. The molecule has 2 rings (SSSR count). The van der Waals surface area contributed by atoms with Crippen LogP contribution in [0.2, 0.25) is 0 Å². The number of halogens is 2. The number of ketones is 1. The van der Waals surface area contributed by atoms with E-state index >= 15 is 0 Å². The molecular formula is C14H14F2O4. The van der Waals surface area contributed by atoms with Gasteiger partial charge in [-0.2, -0.15) is 0 Å². The zero-order valence-corrected chi connectivity index (χ0v) is 10.6. The van der Waals surface area contributed by atoms with E-state index < -0.39 is 36.1 Å². The number of ether oxygens (including phenoxy) is 1. The van der Waals surface area contributed by atoms with Crippen molar-refractivity contribution >= 4 is 11.8 Å². The molecule has 1 atom stereocenters. The quantitative estimate of drug-likeness (QED) is 0.861. The number of alkyl halides is 2. The highest BCUT2D eigenvalue weighted by molar-refractivity contribution is 6.03. The SMILES string of the molecule is O=C(O)C1(CC(F)(F)c2ccccc2)COCCC1=O. The lowest BCUT2D eigenvalue weighted by atomic mass is 9.75. The summed E-state index contributed by atoms with van der Waals surface area (Å²) in [5.74, 6) is -5.67. The Balaban J connectivity index is 2.33. The van der Waals surface area contributed by atoms with Gasteiger partial charge in [0.15, 0.2) is 11.2 Å². The van der Waals surface area contributed by atoms with Gasteiger partial charge in [0.25, 0.3) is 5.92 Å². The van der Waals surface area contributed by atoms with Crippen LogP contribution in [0.4, 0.5) is 8.78 Å². The van der Waals surface area contributed by atoms with Crippen molar-refractivity contribution in [1.29, 1.82) is 0 Å². The summed E-state index contributed by atoms with van der Waals surface area (Å²) in [7, 11) is 0. The third-order valence-electron chi connectivity index (χ3n) is 3.48. The molecule has 0 bridgehead atoms. The first-order valence-electron chi connectivity index (χ1n) is 6.16. The van der Waals surface area contributed by atoms with Gasteiger partial charge in [-0.15, -0.1) is 0 Å². The molecule has 4 nitrogen and oxygen atoms in total. The summed E-state index contributed by atoms with van der Waals surface area (Å²) in [5, 5.41) is 9.24. The van der Waals surface area contributed by atoms with Crippen molar-refractivity contribution in [1.82, 2.24) is 0 Å². The lowest BCUT2D eigenvalue weighted by molar-refractivity contribution is -0.174. The number of Topliss-reactive ketones (excluding diaryl/α,β-unsaturated/α-hetero) is 1. The van der Waals surface area contributed by atoms with E-state index in [4.69, 9.17) is 4.74 Å². The number of carboxylic acids is 1. The van der Waals surface area contributed by atoms with Crippen molar-refractivity contribution in [3.05, 3.63) is 35.9 Å². The predicted molar refractivity (Wildman–Crippen MR) is 65.5 cm³/mol. The molecule has 1 aliphatic heterocycles. The van der Waals surface area contributed by atoms with E-state index in [-0.39, 0.29) is 18.6 Å². The van der Waals surface area contributed by atoms with Gasteiger partial charge in [0.2, 0.25) is 0 Å². The van der Waals surface area contributed by atoms with Gasteiger partial charge in [-0.3, -0.25) is 9.59 Å². The van der Waals surface area contributed by atoms with Crippen LogP contribution in [-0.4, -0.2) is 30.1 Å². The van der Waals surface area contributed by atoms with E-state index in [1.54, 1.807) is 6.07 Å². The molecule has 1 fully saturated rings. The number of carbonyl (C=O) groups is 2. The Hall–Kier alpha value is -1.82. The molecule has 108 valence electrons. The van der Waals surface area contributed by atoms with Crippen molar-refractivity contribution in [2.45, 2.75) is 18.8 Å². The number of benzene rings is 1. The molecule has 0 saturated carbocycles. The second-order valence-corrected chi connectivity index (χ2v) is 4.86. The summed E-state index contributed by atoms with van der Waals surface area (Å²) in [6.07, 6.45) is -1.24. The van der Waals surface area contributed by atoms with Crippen LogP contribution >= 0.6 is 0 Å². The second-order valence-electron chi connectivity index (χ2n) is 4.86. The van der Waals surface area contributed by atoms with Gasteiger partial charge in [-0.1, -0.05) is 30.3 Å². The van der Waals surface area contributed by atoms with Gasteiger partial charge in [0.1, 0.15) is 0 Å². The molecule has 6 heteroatoms. The molecule has 1 N–H and O–H groups in total. The van der Waals surface area contributed by atoms with Gasteiger partial charge in [0.05, 0.1) is 13.2 Å². The smallest absolute Gasteiger partial charge is 0.319 e. The van der Waals surface area contributed by atoms with Crippen LogP contribution in [0, 0.1) is 5.41 Å². The molecule has 1 aromatic rings. The van der Waals surface area contributed by atoms with Crippen LogP contribution in [0.5, 0.6) is 0 Å². The van der Waals surface area contributed by atoms with Crippen molar-refractivity contribution in [2.24, 2.45) is 5.41 Å². The molecule has 0 spiro atoms. The summed E-state index contributed by atoms with van der Waals surface area (Å²) in [6.45, 7) is -0.436. The Morgan fingerprint density at radius 2 is 2.00 bits per heavy atom. The van der Waals surface area contributed by atoms with Gasteiger partial charge in [0, 0.05) is 18.4 Å². The Morgan fingerprint density at radius 3 is 2.55 bits per heavy atom. The van der Waals surface area contributed by atoms with Crippen molar-refractivity contribution in [2.75, 3.05) is 13.2 Å². The van der Waals surface area contributed by atoms with Crippen LogP contribution in [0.1, 0.15) is 18.4 Å². The highest BCUT2D eigenvalue weighted by Crippen LogP contribution is 2.42. The molecule has 0 aromatic heterocycles. The van der Waals surface area contributed by atoms with Crippen molar-refractivity contribution in [3.63, 3.8) is 0 Å². The molecule has 0 radical (unpaired) electrons. The Kier molecular flexibility index (Phi) is 3.85.